The molecule has 2 atom stereocenters. The van der Waals surface area contributed by atoms with Gasteiger partial charge < -0.3 is 10.5 Å². The van der Waals surface area contributed by atoms with Crippen molar-refractivity contribution in [3.63, 3.8) is 0 Å². The van der Waals surface area contributed by atoms with Crippen LogP contribution in [0.4, 0.5) is 4.39 Å². The Morgan fingerprint density at radius 3 is 2.90 bits per heavy atom. The molecule has 0 bridgehead atoms. The van der Waals surface area contributed by atoms with E-state index in [9.17, 15) is 4.39 Å². The van der Waals surface area contributed by atoms with Gasteiger partial charge in [-0.25, -0.2) is 4.39 Å². The van der Waals surface area contributed by atoms with E-state index in [-0.39, 0.29) is 17.8 Å². The Kier molecular flexibility index (Phi) is 3.93. The summed E-state index contributed by atoms with van der Waals surface area (Å²) in [5.41, 5.74) is 9.34. The molecule has 2 unspecified atom stereocenters. The Labute approximate surface area is 124 Å². The van der Waals surface area contributed by atoms with Crippen molar-refractivity contribution in [2.45, 2.75) is 31.8 Å². The van der Waals surface area contributed by atoms with Crippen LogP contribution in [-0.2, 0) is 6.42 Å². The number of halogens is 1. The van der Waals surface area contributed by atoms with E-state index in [1.54, 1.807) is 12.1 Å². The maximum Gasteiger partial charge on any atom is 0.123 e. The molecule has 0 fully saturated rings. The highest BCUT2D eigenvalue weighted by Crippen LogP contribution is 2.33. The van der Waals surface area contributed by atoms with Crippen molar-refractivity contribution in [1.82, 2.24) is 0 Å². The minimum absolute atomic E-state index is 0.124. The number of hydrogen-bond donors (Lipinski definition) is 1. The molecule has 1 aliphatic heterocycles. The second-order valence-corrected chi connectivity index (χ2v) is 5.78. The number of benzene rings is 2. The number of hydrogen-bond acceptors (Lipinski definition) is 2. The Hall–Kier alpha value is -1.87. The molecule has 110 valence electrons. The summed E-state index contributed by atoms with van der Waals surface area (Å²) in [6.45, 7) is 2.59. The van der Waals surface area contributed by atoms with E-state index < -0.39 is 0 Å². The van der Waals surface area contributed by atoms with Crippen molar-refractivity contribution < 1.29 is 9.13 Å². The van der Waals surface area contributed by atoms with Gasteiger partial charge in [-0.3, -0.25) is 0 Å². The molecule has 0 saturated heterocycles. The third kappa shape index (κ3) is 3.08. The van der Waals surface area contributed by atoms with Gasteiger partial charge in [-0.1, -0.05) is 29.8 Å². The molecule has 1 aliphatic rings. The number of nitrogens with two attached hydrogens (primary N) is 1. The van der Waals surface area contributed by atoms with Crippen molar-refractivity contribution in [1.29, 1.82) is 0 Å². The summed E-state index contributed by atoms with van der Waals surface area (Å²) < 4.78 is 19.4. The van der Waals surface area contributed by atoms with Gasteiger partial charge in [0.1, 0.15) is 17.7 Å². The normalized spacial score (nSPS) is 18.1. The second kappa shape index (κ2) is 5.86. The van der Waals surface area contributed by atoms with Gasteiger partial charge in [0.2, 0.25) is 0 Å². The molecule has 2 N–H and O–H groups in total. The first-order valence-corrected chi connectivity index (χ1v) is 7.37. The third-order valence-corrected chi connectivity index (χ3v) is 4.11. The average molecular weight is 285 g/mol. The van der Waals surface area contributed by atoms with Gasteiger partial charge >= 0.3 is 0 Å². The number of rotatable bonds is 4. The van der Waals surface area contributed by atoms with Gasteiger partial charge in [-0.2, -0.15) is 0 Å². The first-order valence-electron chi connectivity index (χ1n) is 7.37. The number of fused-ring (bicyclic) bond motifs is 1. The topological polar surface area (TPSA) is 35.2 Å². The largest absolute Gasteiger partial charge is 0.490 e. The second-order valence-electron chi connectivity index (χ2n) is 5.78. The molecule has 3 rings (SSSR count). The van der Waals surface area contributed by atoms with Crippen molar-refractivity contribution in [3.05, 3.63) is 65.0 Å². The molecule has 0 spiro atoms. The number of aryl methyl sites for hydroxylation is 1. The van der Waals surface area contributed by atoms with Gasteiger partial charge in [0.05, 0.1) is 0 Å². The first-order chi connectivity index (χ1) is 10.2. The van der Waals surface area contributed by atoms with E-state index in [0.29, 0.717) is 6.54 Å². The molecule has 0 amide bonds. The highest BCUT2D eigenvalue weighted by molar-refractivity contribution is 5.40. The predicted octanol–water partition coefficient (Wildman–Crippen LogP) is 3.57. The van der Waals surface area contributed by atoms with Crippen LogP contribution in [0.1, 0.15) is 29.0 Å². The monoisotopic (exact) mass is 285 g/mol. The van der Waals surface area contributed by atoms with E-state index in [0.717, 1.165) is 24.2 Å². The van der Waals surface area contributed by atoms with Gasteiger partial charge in [-0.15, -0.1) is 0 Å². The highest BCUT2D eigenvalue weighted by atomic mass is 19.1. The summed E-state index contributed by atoms with van der Waals surface area (Å²) in [6.07, 6.45) is 1.84. The van der Waals surface area contributed by atoms with E-state index in [1.165, 1.54) is 17.2 Å². The van der Waals surface area contributed by atoms with Crippen molar-refractivity contribution in [3.8, 4) is 5.75 Å². The lowest BCUT2D eigenvalue weighted by Gasteiger charge is -2.19. The van der Waals surface area contributed by atoms with Crippen LogP contribution in [-0.4, -0.2) is 12.6 Å². The minimum Gasteiger partial charge on any atom is -0.490 e. The van der Waals surface area contributed by atoms with E-state index in [2.05, 4.69) is 19.1 Å². The van der Waals surface area contributed by atoms with Crippen LogP contribution in [0.3, 0.4) is 0 Å². The fourth-order valence-corrected chi connectivity index (χ4v) is 3.03. The molecular weight excluding hydrogens is 265 g/mol. The van der Waals surface area contributed by atoms with Gasteiger partial charge in [0.15, 0.2) is 0 Å². The van der Waals surface area contributed by atoms with Crippen LogP contribution < -0.4 is 10.5 Å². The Morgan fingerprint density at radius 2 is 2.14 bits per heavy atom. The molecule has 2 nitrogen and oxygen atoms in total. The molecule has 21 heavy (non-hydrogen) atoms. The quantitative estimate of drug-likeness (QED) is 0.932. The Balaban J connectivity index is 1.72. The molecule has 2 aromatic rings. The summed E-state index contributed by atoms with van der Waals surface area (Å²) in [4.78, 5) is 0. The maximum absolute atomic E-state index is 13.4. The minimum atomic E-state index is -0.211. The molecular formula is C18H20FNO. The van der Waals surface area contributed by atoms with Gasteiger partial charge in [-0.05, 0) is 55.1 Å². The lowest BCUT2D eigenvalue weighted by atomic mass is 9.91. The summed E-state index contributed by atoms with van der Waals surface area (Å²) in [5.74, 6) is 0.888. The predicted molar refractivity (Wildman–Crippen MR) is 82.1 cm³/mol. The first kappa shape index (κ1) is 14.1. The van der Waals surface area contributed by atoms with Crippen molar-refractivity contribution in [2.75, 3.05) is 6.54 Å². The third-order valence-electron chi connectivity index (χ3n) is 4.11. The van der Waals surface area contributed by atoms with E-state index in [4.69, 9.17) is 10.5 Å². The van der Waals surface area contributed by atoms with Crippen LogP contribution >= 0.6 is 0 Å². The van der Waals surface area contributed by atoms with Crippen LogP contribution in [0.25, 0.3) is 0 Å². The van der Waals surface area contributed by atoms with Gasteiger partial charge in [0, 0.05) is 6.42 Å². The molecule has 0 aliphatic carbocycles. The Bertz CT molecular complexity index is 641. The summed E-state index contributed by atoms with van der Waals surface area (Å²) >= 11 is 0. The molecule has 0 radical (unpaired) electrons. The van der Waals surface area contributed by atoms with Crippen LogP contribution in [0.5, 0.6) is 5.75 Å². The zero-order chi connectivity index (χ0) is 14.8. The number of ether oxygens (including phenoxy) is 1. The molecule has 2 aromatic carbocycles. The molecule has 1 heterocycles. The molecule has 0 saturated carbocycles. The summed E-state index contributed by atoms with van der Waals surface area (Å²) in [6, 6.07) is 13.0. The van der Waals surface area contributed by atoms with Crippen molar-refractivity contribution in [2.24, 2.45) is 5.73 Å². The lowest BCUT2D eigenvalue weighted by molar-refractivity contribution is 0.210. The molecule has 3 heteroatoms. The average Bonchev–Trinajstić information content (AvgIpc) is 2.86. The lowest BCUT2D eigenvalue weighted by Crippen LogP contribution is -2.22. The van der Waals surface area contributed by atoms with Gasteiger partial charge in [0.25, 0.3) is 0 Å². The smallest absolute Gasteiger partial charge is 0.123 e. The van der Waals surface area contributed by atoms with Crippen LogP contribution in [0.15, 0.2) is 42.5 Å². The SMILES string of the molecule is Cc1ccc2c(c1)CC(CC(CN)c1cccc(F)c1)O2. The fraction of sp³-hybridized carbons (Fsp3) is 0.333. The summed E-state index contributed by atoms with van der Waals surface area (Å²) in [5, 5.41) is 0. The van der Waals surface area contributed by atoms with E-state index in [1.807, 2.05) is 12.1 Å². The van der Waals surface area contributed by atoms with Crippen LogP contribution in [0, 0.1) is 12.7 Å². The summed E-state index contributed by atoms with van der Waals surface area (Å²) in [7, 11) is 0. The zero-order valence-electron chi connectivity index (χ0n) is 12.2. The Morgan fingerprint density at radius 1 is 1.29 bits per heavy atom. The van der Waals surface area contributed by atoms with E-state index >= 15 is 0 Å². The zero-order valence-corrected chi connectivity index (χ0v) is 12.2. The molecule has 0 aromatic heterocycles. The van der Waals surface area contributed by atoms with Crippen molar-refractivity contribution >= 4 is 0 Å². The standard InChI is InChI=1S/C18H20FNO/c1-12-5-6-18-14(7-12)9-17(21-18)10-15(11-20)13-3-2-4-16(19)8-13/h2-8,15,17H,9-11,20H2,1H3. The van der Waals surface area contributed by atoms with Crippen LogP contribution in [0.2, 0.25) is 0 Å². The maximum atomic E-state index is 13.4. The fourth-order valence-electron chi connectivity index (χ4n) is 3.03. The highest BCUT2D eigenvalue weighted by Gasteiger charge is 2.26.